The SMILES string of the molecule is Cl.NNC(=O)Cn1cc(N)cn1. The minimum atomic E-state index is -0.312. The summed E-state index contributed by atoms with van der Waals surface area (Å²) in [5.74, 6) is 4.54. The number of nitrogens with two attached hydrogens (primary N) is 2. The van der Waals surface area contributed by atoms with E-state index >= 15 is 0 Å². The van der Waals surface area contributed by atoms with E-state index in [1.54, 1.807) is 6.20 Å². The number of nitrogen functional groups attached to an aromatic ring is 1. The number of halogens is 1. The average molecular weight is 192 g/mol. The number of hydrazine groups is 1. The topological polar surface area (TPSA) is 99.0 Å². The van der Waals surface area contributed by atoms with Crippen molar-refractivity contribution in [1.29, 1.82) is 0 Å². The third-order valence-corrected chi connectivity index (χ3v) is 1.12. The Morgan fingerprint density at radius 3 is 2.83 bits per heavy atom. The maximum atomic E-state index is 10.7. The van der Waals surface area contributed by atoms with E-state index in [9.17, 15) is 4.79 Å². The van der Waals surface area contributed by atoms with E-state index in [4.69, 9.17) is 11.6 Å². The molecule has 0 aliphatic heterocycles. The highest BCUT2D eigenvalue weighted by Crippen LogP contribution is 1.96. The number of hydrogen-bond acceptors (Lipinski definition) is 4. The van der Waals surface area contributed by atoms with Gasteiger partial charge in [-0.15, -0.1) is 12.4 Å². The number of anilines is 1. The van der Waals surface area contributed by atoms with Crippen molar-refractivity contribution >= 4 is 24.0 Å². The van der Waals surface area contributed by atoms with E-state index in [2.05, 4.69) is 5.10 Å². The Labute approximate surface area is 75.3 Å². The summed E-state index contributed by atoms with van der Waals surface area (Å²) in [6.45, 7) is 0.0910. The van der Waals surface area contributed by atoms with Gasteiger partial charge in [-0.05, 0) is 0 Å². The molecule has 0 aromatic carbocycles. The summed E-state index contributed by atoms with van der Waals surface area (Å²) in [4.78, 5) is 10.7. The van der Waals surface area contributed by atoms with Gasteiger partial charge in [0.25, 0.3) is 5.91 Å². The van der Waals surface area contributed by atoms with Gasteiger partial charge < -0.3 is 5.73 Å². The zero-order valence-electron chi connectivity index (χ0n) is 6.23. The molecular formula is C5H10ClN5O. The Balaban J connectivity index is 0.00000121. The number of hydrogen-bond donors (Lipinski definition) is 3. The van der Waals surface area contributed by atoms with Crippen molar-refractivity contribution in [1.82, 2.24) is 15.2 Å². The Kier molecular flexibility index (Phi) is 4.09. The van der Waals surface area contributed by atoms with E-state index in [1.165, 1.54) is 10.9 Å². The first-order valence-corrected chi connectivity index (χ1v) is 3.00. The molecule has 1 amide bonds. The van der Waals surface area contributed by atoms with Crippen molar-refractivity contribution in [2.75, 3.05) is 5.73 Å². The lowest BCUT2D eigenvalue weighted by atomic mass is 10.6. The van der Waals surface area contributed by atoms with Crippen LogP contribution in [0, 0.1) is 0 Å². The van der Waals surface area contributed by atoms with Gasteiger partial charge >= 0.3 is 0 Å². The van der Waals surface area contributed by atoms with Crippen LogP contribution in [0.2, 0.25) is 0 Å². The number of rotatable bonds is 2. The van der Waals surface area contributed by atoms with Crippen molar-refractivity contribution in [3.63, 3.8) is 0 Å². The highest BCUT2D eigenvalue weighted by molar-refractivity contribution is 5.85. The molecule has 0 spiro atoms. The van der Waals surface area contributed by atoms with Gasteiger partial charge in [0.2, 0.25) is 0 Å². The minimum absolute atomic E-state index is 0. The van der Waals surface area contributed by atoms with Crippen LogP contribution in [0.25, 0.3) is 0 Å². The molecule has 0 fully saturated rings. The molecule has 1 aromatic rings. The maximum Gasteiger partial charge on any atom is 0.255 e. The first-order chi connectivity index (χ1) is 5.22. The fourth-order valence-electron chi connectivity index (χ4n) is 0.659. The predicted molar refractivity (Wildman–Crippen MR) is 46.2 cm³/mol. The molecule has 0 saturated carbocycles. The van der Waals surface area contributed by atoms with Gasteiger partial charge in [-0.3, -0.25) is 14.9 Å². The fourth-order valence-corrected chi connectivity index (χ4v) is 0.659. The number of nitrogens with zero attached hydrogens (tertiary/aromatic N) is 2. The highest BCUT2D eigenvalue weighted by Gasteiger charge is 1.99. The lowest BCUT2D eigenvalue weighted by molar-refractivity contribution is -0.121. The summed E-state index contributed by atoms with van der Waals surface area (Å²) in [6, 6.07) is 0. The van der Waals surface area contributed by atoms with Crippen molar-refractivity contribution in [2.45, 2.75) is 6.54 Å². The Bertz CT molecular complexity index is 260. The summed E-state index contributed by atoms with van der Waals surface area (Å²) in [7, 11) is 0. The summed E-state index contributed by atoms with van der Waals surface area (Å²) >= 11 is 0. The molecule has 0 aliphatic carbocycles. The van der Waals surface area contributed by atoms with Gasteiger partial charge in [0.1, 0.15) is 6.54 Å². The number of amides is 1. The van der Waals surface area contributed by atoms with Gasteiger partial charge in [-0.25, -0.2) is 5.84 Å². The molecule has 1 aromatic heterocycles. The second-order valence-corrected chi connectivity index (χ2v) is 2.04. The monoisotopic (exact) mass is 191 g/mol. The van der Waals surface area contributed by atoms with Gasteiger partial charge in [0.15, 0.2) is 0 Å². The van der Waals surface area contributed by atoms with E-state index in [0.717, 1.165) is 0 Å². The third kappa shape index (κ3) is 2.77. The van der Waals surface area contributed by atoms with Crippen molar-refractivity contribution in [3.8, 4) is 0 Å². The lowest BCUT2D eigenvalue weighted by Gasteiger charge is -1.97. The van der Waals surface area contributed by atoms with Crippen LogP contribution in [-0.2, 0) is 11.3 Å². The maximum absolute atomic E-state index is 10.7. The number of nitrogens with one attached hydrogen (secondary N) is 1. The van der Waals surface area contributed by atoms with Crippen molar-refractivity contribution in [3.05, 3.63) is 12.4 Å². The first-order valence-electron chi connectivity index (χ1n) is 3.00. The summed E-state index contributed by atoms with van der Waals surface area (Å²) in [5, 5.41) is 3.78. The molecule has 1 rings (SSSR count). The van der Waals surface area contributed by atoms with E-state index in [0.29, 0.717) is 5.69 Å². The van der Waals surface area contributed by atoms with Crippen LogP contribution in [0.3, 0.4) is 0 Å². The van der Waals surface area contributed by atoms with Crippen LogP contribution in [0.1, 0.15) is 0 Å². The van der Waals surface area contributed by atoms with Gasteiger partial charge in [0, 0.05) is 6.20 Å². The number of carbonyl (C=O) groups excluding carboxylic acids is 1. The first kappa shape index (κ1) is 10.7. The second kappa shape index (κ2) is 4.58. The molecule has 0 aliphatic rings. The fraction of sp³-hybridized carbons (Fsp3) is 0.200. The zero-order chi connectivity index (χ0) is 8.27. The molecule has 6 nitrogen and oxygen atoms in total. The molecular weight excluding hydrogens is 182 g/mol. The Morgan fingerprint density at radius 2 is 2.42 bits per heavy atom. The van der Waals surface area contributed by atoms with Crippen LogP contribution in [0.4, 0.5) is 5.69 Å². The molecule has 1 heterocycles. The zero-order valence-corrected chi connectivity index (χ0v) is 7.04. The molecule has 12 heavy (non-hydrogen) atoms. The molecule has 0 atom stereocenters. The predicted octanol–water partition coefficient (Wildman–Crippen LogP) is -1.12. The van der Waals surface area contributed by atoms with Crippen LogP contribution in [-0.4, -0.2) is 15.7 Å². The number of aromatic nitrogens is 2. The number of carbonyl (C=O) groups is 1. The Morgan fingerprint density at radius 1 is 1.75 bits per heavy atom. The molecule has 68 valence electrons. The largest absolute Gasteiger partial charge is 0.396 e. The minimum Gasteiger partial charge on any atom is -0.396 e. The molecule has 0 saturated heterocycles. The van der Waals surface area contributed by atoms with Crippen LogP contribution >= 0.6 is 12.4 Å². The Hall–Kier alpha value is -1.27. The highest BCUT2D eigenvalue weighted by atomic mass is 35.5. The summed E-state index contributed by atoms with van der Waals surface area (Å²) in [6.07, 6.45) is 3.01. The quantitative estimate of drug-likeness (QED) is 0.313. The molecule has 5 N–H and O–H groups in total. The van der Waals surface area contributed by atoms with E-state index < -0.39 is 0 Å². The van der Waals surface area contributed by atoms with Crippen LogP contribution in [0.5, 0.6) is 0 Å². The van der Waals surface area contributed by atoms with Crippen LogP contribution < -0.4 is 17.0 Å². The normalized spacial score (nSPS) is 8.75. The lowest BCUT2D eigenvalue weighted by Crippen LogP contribution is -2.33. The second-order valence-electron chi connectivity index (χ2n) is 2.04. The molecule has 0 bridgehead atoms. The molecule has 0 unspecified atom stereocenters. The molecule has 0 radical (unpaired) electrons. The van der Waals surface area contributed by atoms with Crippen molar-refractivity contribution in [2.24, 2.45) is 5.84 Å². The molecule has 7 heteroatoms. The summed E-state index contributed by atoms with van der Waals surface area (Å²) < 4.78 is 1.40. The standard InChI is InChI=1S/C5H9N5O.ClH/c6-4-1-8-10(2-4)3-5(11)9-7;/h1-2H,3,6-7H2,(H,9,11);1H. The van der Waals surface area contributed by atoms with E-state index in [1.807, 2.05) is 5.43 Å². The van der Waals surface area contributed by atoms with Crippen molar-refractivity contribution < 1.29 is 4.79 Å². The van der Waals surface area contributed by atoms with Crippen LogP contribution in [0.15, 0.2) is 12.4 Å². The average Bonchev–Trinajstić information content (AvgIpc) is 2.35. The summed E-state index contributed by atoms with van der Waals surface area (Å²) in [5.41, 5.74) is 7.85. The van der Waals surface area contributed by atoms with Gasteiger partial charge in [-0.1, -0.05) is 0 Å². The van der Waals surface area contributed by atoms with Gasteiger partial charge in [-0.2, -0.15) is 5.10 Å². The van der Waals surface area contributed by atoms with E-state index in [-0.39, 0.29) is 24.9 Å². The third-order valence-electron chi connectivity index (χ3n) is 1.12. The smallest absolute Gasteiger partial charge is 0.255 e. The van der Waals surface area contributed by atoms with Gasteiger partial charge in [0.05, 0.1) is 11.9 Å².